The quantitative estimate of drug-likeness (QED) is 0.640. The molecule has 8 nitrogen and oxygen atoms in total. The monoisotopic (exact) mass is 342 g/mol. The number of hydrogen-bond acceptors (Lipinski definition) is 4. The summed E-state index contributed by atoms with van der Waals surface area (Å²) >= 11 is 0. The third kappa shape index (κ3) is 3.80. The van der Waals surface area contributed by atoms with E-state index < -0.39 is 0 Å². The first-order valence-corrected chi connectivity index (χ1v) is 8.08. The fraction of sp³-hybridized carbons (Fsp3) is 0.353. The van der Waals surface area contributed by atoms with Crippen molar-refractivity contribution in [2.24, 2.45) is 0 Å². The maximum Gasteiger partial charge on any atom is 0.319 e. The van der Waals surface area contributed by atoms with Crippen LogP contribution in [0.4, 0.5) is 10.5 Å². The van der Waals surface area contributed by atoms with Gasteiger partial charge in [0.1, 0.15) is 0 Å². The Bertz CT molecular complexity index is 883. The molecule has 2 aromatic heterocycles. The number of ether oxygens (including phenoxy) is 1. The number of aromatic amines is 1. The van der Waals surface area contributed by atoms with E-state index in [-0.39, 0.29) is 6.03 Å². The molecule has 2 amide bonds. The summed E-state index contributed by atoms with van der Waals surface area (Å²) in [5, 5.41) is 18.0. The summed E-state index contributed by atoms with van der Waals surface area (Å²) in [5.74, 6) is 0. The van der Waals surface area contributed by atoms with Gasteiger partial charge in [0.05, 0.1) is 30.6 Å². The van der Waals surface area contributed by atoms with Crippen molar-refractivity contribution in [1.29, 1.82) is 0 Å². The lowest BCUT2D eigenvalue weighted by Crippen LogP contribution is -2.28. The Morgan fingerprint density at radius 2 is 2.20 bits per heavy atom. The molecule has 0 fully saturated rings. The molecule has 2 heterocycles. The summed E-state index contributed by atoms with van der Waals surface area (Å²) in [7, 11) is 1.67. The van der Waals surface area contributed by atoms with Crippen LogP contribution in [0.1, 0.15) is 17.0 Å². The Morgan fingerprint density at radius 1 is 1.36 bits per heavy atom. The van der Waals surface area contributed by atoms with E-state index >= 15 is 0 Å². The highest BCUT2D eigenvalue weighted by atomic mass is 16.5. The first-order chi connectivity index (χ1) is 12.1. The Balaban J connectivity index is 1.61. The summed E-state index contributed by atoms with van der Waals surface area (Å²) in [6.45, 7) is 5.66. The fourth-order valence-corrected chi connectivity index (χ4v) is 2.75. The van der Waals surface area contributed by atoms with Gasteiger partial charge in [-0.2, -0.15) is 10.2 Å². The molecule has 0 radical (unpaired) electrons. The number of urea groups is 1. The summed E-state index contributed by atoms with van der Waals surface area (Å²) in [6, 6.07) is 5.33. The molecule has 3 rings (SSSR count). The van der Waals surface area contributed by atoms with Crippen molar-refractivity contribution in [2.45, 2.75) is 26.9 Å². The molecule has 0 saturated heterocycles. The maximum atomic E-state index is 12.2. The van der Waals surface area contributed by atoms with Crippen molar-refractivity contribution < 1.29 is 9.53 Å². The number of carbonyl (C=O) groups is 1. The van der Waals surface area contributed by atoms with Crippen LogP contribution in [-0.2, 0) is 17.8 Å². The largest absolute Gasteiger partial charge is 0.383 e. The van der Waals surface area contributed by atoms with Gasteiger partial charge in [-0.1, -0.05) is 0 Å². The van der Waals surface area contributed by atoms with Crippen molar-refractivity contribution in [3.63, 3.8) is 0 Å². The second kappa shape index (κ2) is 7.35. The molecule has 0 unspecified atom stereocenters. The van der Waals surface area contributed by atoms with E-state index in [2.05, 4.69) is 25.9 Å². The van der Waals surface area contributed by atoms with E-state index in [4.69, 9.17) is 4.74 Å². The van der Waals surface area contributed by atoms with Crippen LogP contribution in [0, 0.1) is 13.8 Å². The average molecular weight is 342 g/mol. The number of nitrogens with zero attached hydrogens (tertiary/aromatic N) is 3. The number of aromatic nitrogens is 4. The smallest absolute Gasteiger partial charge is 0.319 e. The maximum absolute atomic E-state index is 12.2. The van der Waals surface area contributed by atoms with Gasteiger partial charge in [-0.05, 0) is 32.0 Å². The van der Waals surface area contributed by atoms with Gasteiger partial charge in [0.25, 0.3) is 0 Å². The second-order valence-electron chi connectivity index (χ2n) is 5.85. The van der Waals surface area contributed by atoms with E-state index in [1.807, 2.05) is 36.7 Å². The minimum atomic E-state index is -0.258. The van der Waals surface area contributed by atoms with Gasteiger partial charge in [-0.3, -0.25) is 9.78 Å². The molecule has 0 spiro atoms. The number of H-pyrrole nitrogens is 1. The van der Waals surface area contributed by atoms with Crippen LogP contribution in [-0.4, -0.2) is 39.7 Å². The Kier molecular flexibility index (Phi) is 4.99. The van der Waals surface area contributed by atoms with Crippen molar-refractivity contribution >= 4 is 22.6 Å². The first-order valence-electron chi connectivity index (χ1n) is 8.08. The van der Waals surface area contributed by atoms with Gasteiger partial charge >= 0.3 is 6.03 Å². The fourth-order valence-electron chi connectivity index (χ4n) is 2.75. The number of anilines is 1. The molecule has 3 aromatic rings. The number of hydrogen-bond donors (Lipinski definition) is 3. The van der Waals surface area contributed by atoms with Gasteiger partial charge in [-0.15, -0.1) is 0 Å². The van der Waals surface area contributed by atoms with E-state index in [1.165, 1.54) is 0 Å². The first kappa shape index (κ1) is 17.0. The lowest BCUT2D eigenvalue weighted by atomic mass is 10.2. The highest BCUT2D eigenvalue weighted by Crippen LogP contribution is 2.17. The molecule has 1 aromatic carbocycles. The predicted molar refractivity (Wildman–Crippen MR) is 95.5 cm³/mol. The molecule has 0 aliphatic rings. The molecule has 8 heteroatoms. The van der Waals surface area contributed by atoms with Gasteiger partial charge < -0.3 is 15.4 Å². The molecule has 0 bridgehead atoms. The van der Waals surface area contributed by atoms with Crippen LogP contribution in [0.2, 0.25) is 0 Å². The van der Waals surface area contributed by atoms with E-state index in [1.54, 1.807) is 13.3 Å². The average Bonchev–Trinajstić information content (AvgIpc) is 3.15. The predicted octanol–water partition coefficient (Wildman–Crippen LogP) is 2.34. The van der Waals surface area contributed by atoms with Crippen LogP contribution in [0.3, 0.4) is 0 Å². The van der Waals surface area contributed by atoms with Crippen molar-refractivity contribution in [2.75, 3.05) is 19.0 Å². The highest BCUT2D eigenvalue weighted by molar-refractivity contribution is 5.92. The van der Waals surface area contributed by atoms with E-state index in [0.717, 1.165) is 33.5 Å². The lowest BCUT2D eigenvalue weighted by Gasteiger charge is -2.09. The number of methoxy groups -OCH3 is 1. The number of aryl methyl sites for hydroxylation is 1. The van der Waals surface area contributed by atoms with Gasteiger partial charge in [-0.25, -0.2) is 4.79 Å². The minimum Gasteiger partial charge on any atom is -0.383 e. The zero-order valence-corrected chi connectivity index (χ0v) is 14.6. The van der Waals surface area contributed by atoms with Crippen molar-refractivity contribution in [1.82, 2.24) is 25.3 Å². The molecule has 0 atom stereocenters. The van der Waals surface area contributed by atoms with Crippen LogP contribution < -0.4 is 10.6 Å². The molecule has 0 saturated carbocycles. The number of carbonyl (C=O) groups excluding carboxylic acids is 1. The van der Waals surface area contributed by atoms with Crippen LogP contribution in [0.25, 0.3) is 10.9 Å². The molecular weight excluding hydrogens is 320 g/mol. The number of benzene rings is 1. The Morgan fingerprint density at radius 3 is 3.00 bits per heavy atom. The second-order valence-corrected chi connectivity index (χ2v) is 5.85. The van der Waals surface area contributed by atoms with Crippen molar-refractivity contribution in [3.05, 3.63) is 41.3 Å². The van der Waals surface area contributed by atoms with E-state index in [9.17, 15) is 4.79 Å². The van der Waals surface area contributed by atoms with Crippen molar-refractivity contribution in [3.8, 4) is 0 Å². The topological polar surface area (TPSA) is 96.9 Å². The summed E-state index contributed by atoms with van der Waals surface area (Å²) in [4.78, 5) is 12.2. The van der Waals surface area contributed by atoms with Gasteiger partial charge in [0.2, 0.25) is 0 Å². The Labute approximate surface area is 145 Å². The van der Waals surface area contributed by atoms with E-state index in [0.29, 0.717) is 19.7 Å². The number of amides is 2. The standard InChI is InChI=1S/C17H22N6O2/c1-11-15(12(2)23(22-11)6-7-25-3)10-18-17(24)20-14-4-5-16-13(8-14)9-19-21-16/h4-5,8-9H,6-7,10H2,1-3H3,(H,19,21)(H2,18,20,24). The number of fused-ring (bicyclic) bond motifs is 1. The van der Waals surface area contributed by atoms with Crippen LogP contribution >= 0.6 is 0 Å². The lowest BCUT2D eigenvalue weighted by molar-refractivity contribution is 0.182. The summed E-state index contributed by atoms with van der Waals surface area (Å²) in [5.41, 5.74) is 4.62. The van der Waals surface area contributed by atoms with Gasteiger partial charge in [0, 0.05) is 36.0 Å². The van der Waals surface area contributed by atoms with Crippen LogP contribution in [0.5, 0.6) is 0 Å². The minimum absolute atomic E-state index is 0.258. The number of nitrogens with one attached hydrogen (secondary N) is 3. The normalized spacial score (nSPS) is 11.0. The summed E-state index contributed by atoms with van der Waals surface area (Å²) < 4.78 is 7.00. The third-order valence-corrected chi connectivity index (χ3v) is 4.16. The SMILES string of the molecule is COCCn1nc(C)c(CNC(=O)Nc2ccc3[nH]ncc3c2)c1C. The highest BCUT2D eigenvalue weighted by Gasteiger charge is 2.12. The summed E-state index contributed by atoms with van der Waals surface area (Å²) in [6.07, 6.45) is 1.72. The molecule has 0 aliphatic carbocycles. The molecule has 3 N–H and O–H groups in total. The van der Waals surface area contributed by atoms with Gasteiger partial charge in [0.15, 0.2) is 0 Å². The molecule has 132 valence electrons. The number of rotatable bonds is 6. The molecule has 0 aliphatic heterocycles. The molecule has 25 heavy (non-hydrogen) atoms. The third-order valence-electron chi connectivity index (χ3n) is 4.16. The van der Waals surface area contributed by atoms with Crippen LogP contribution in [0.15, 0.2) is 24.4 Å². The molecular formula is C17H22N6O2. The Hall–Kier alpha value is -2.87. The zero-order chi connectivity index (χ0) is 17.8. The zero-order valence-electron chi connectivity index (χ0n) is 14.6.